The van der Waals surface area contributed by atoms with Gasteiger partial charge in [0.25, 0.3) is 5.56 Å². The summed E-state index contributed by atoms with van der Waals surface area (Å²) < 4.78 is 28.6. The second kappa shape index (κ2) is 8.20. The zero-order valence-corrected chi connectivity index (χ0v) is 18.0. The number of nitrogens with zero attached hydrogens (tertiary/aromatic N) is 1. The number of nitrogens with one attached hydrogen (secondary N) is 1. The molecule has 1 aliphatic heterocycles. The highest BCUT2D eigenvalue weighted by Gasteiger charge is 2.32. The Morgan fingerprint density at radius 3 is 2.47 bits per heavy atom. The van der Waals surface area contributed by atoms with E-state index in [-0.39, 0.29) is 17.6 Å². The van der Waals surface area contributed by atoms with E-state index in [1.807, 2.05) is 43.3 Å². The summed E-state index contributed by atoms with van der Waals surface area (Å²) in [6.07, 6.45) is 3.09. The van der Waals surface area contributed by atoms with Gasteiger partial charge in [0.05, 0.1) is 12.3 Å². The van der Waals surface area contributed by atoms with E-state index in [0.717, 1.165) is 27.9 Å². The van der Waals surface area contributed by atoms with Gasteiger partial charge in [0.2, 0.25) is 10.0 Å². The highest BCUT2D eigenvalue weighted by atomic mass is 32.2. The van der Waals surface area contributed by atoms with E-state index >= 15 is 0 Å². The third-order valence-corrected chi connectivity index (χ3v) is 6.52. The van der Waals surface area contributed by atoms with Crippen molar-refractivity contribution in [2.24, 2.45) is 0 Å². The molecule has 0 radical (unpaired) electrons. The van der Waals surface area contributed by atoms with Crippen LogP contribution in [0.4, 0.5) is 0 Å². The SMILES string of the molecule is Cc1ccc(=O)n2c1CC[C@H](NS(C)(=O)=O)[C@@H]2Cc1cccc(-c2ccccc2)c1. The molecule has 30 heavy (non-hydrogen) atoms. The first-order valence-electron chi connectivity index (χ1n) is 10.1. The first-order chi connectivity index (χ1) is 14.3. The van der Waals surface area contributed by atoms with Gasteiger partial charge in [0, 0.05) is 17.8 Å². The molecule has 0 saturated carbocycles. The lowest BCUT2D eigenvalue weighted by Crippen LogP contribution is -2.48. The fraction of sp³-hybridized carbons (Fsp3) is 0.292. The van der Waals surface area contributed by atoms with Crippen LogP contribution in [-0.2, 0) is 22.9 Å². The molecule has 2 atom stereocenters. The maximum Gasteiger partial charge on any atom is 0.251 e. The van der Waals surface area contributed by atoms with Crippen molar-refractivity contribution in [2.45, 2.75) is 38.3 Å². The second-order valence-electron chi connectivity index (χ2n) is 8.04. The van der Waals surface area contributed by atoms with Crippen LogP contribution in [-0.4, -0.2) is 25.3 Å². The fourth-order valence-electron chi connectivity index (χ4n) is 4.44. The van der Waals surface area contributed by atoms with Crippen LogP contribution in [0.5, 0.6) is 0 Å². The molecule has 2 heterocycles. The van der Waals surface area contributed by atoms with Crippen molar-refractivity contribution in [1.82, 2.24) is 9.29 Å². The number of rotatable bonds is 5. The minimum absolute atomic E-state index is 0.0835. The molecule has 2 aromatic carbocycles. The predicted octanol–water partition coefficient (Wildman–Crippen LogP) is 3.47. The second-order valence-corrected chi connectivity index (χ2v) is 9.82. The number of aromatic nitrogens is 1. The molecular formula is C24H26N2O3S. The van der Waals surface area contributed by atoms with Crippen LogP contribution in [0.2, 0.25) is 0 Å². The van der Waals surface area contributed by atoms with Crippen molar-refractivity contribution in [3.63, 3.8) is 0 Å². The van der Waals surface area contributed by atoms with Crippen molar-refractivity contribution in [2.75, 3.05) is 6.26 Å². The smallest absolute Gasteiger partial charge is 0.251 e. The van der Waals surface area contributed by atoms with E-state index in [2.05, 4.69) is 29.0 Å². The summed E-state index contributed by atoms with van der Waals surface area (Å²) >= 11 is 0. The lowest BCUT2D eigenvalue weighted by molar-refractivity contribution is 0.314. The maximum absolute atomic E-state index is 12.8. The number of hydrogen-bond donors (Lipinski definition) is 1. The third kappa shape index (κ3) is 4.40. The maximum atomic E-state index is 12.8. The van der Waals surface area contributed by atoms with Crippen LogP contribution in [0.25, 0.3) is 11.1 Å². The van der Waals surface area contributed by atoms with Crippen LogP contribution < -0.4 is 10.3 Å². The number of benzene rings is 2. The van der Waals surface area contributed by atoms with Crippen LogP contribution in [0, 0.1) is 6.92 Å². The molecule has 1 aliphatic rings. The van der Waals surface area contributed by atoms with Crippen LogP contribution in [0.15, 0.2) is 71.5 Å². The van der Waals surface area contributed by atoms with Crippen LogP contribution >= 0.6 is 0 Å². The van der Waals surface area contributed by atoms with Crippen molar-refractivity contribution in [1.29, 1.82) is 0 Å². The van der Waals surface area contributed by atoms with Crippen LogP contribution in [0.3, 0.4) is 0 Å². The fourth-order valence-corrected chi connectivity index (χ4v) is 5.26. The van der Waals surface area contributed by atoms with E-state index < -0.39 is 10.0 Å². The summed E-state index contributed by atoms with van der Waals surface area (Å²) in [6, 6.07) is 21.2. The molecule has 1 aromatic heterocycles. The third-order valence-electron chi connectivity index (χ3n) is 5.79. The summed E-state index contributed by atoms with van der Waals surface area (Å²) in [5, 5.41) is 0. The van der Waals surface area contributed by atoms with E-state index in [9.17, 15) is 13.2 Å². The lowest BCUT2D eigenvalue weighted by Gasteiger charge is -2.36. The summed E-state index contributed by atoms with van der Waals surface area (Å²) in [5.74, 6) is 0. The Hall–Kier alpha value is -2.70. The normalized spacial score (nSPS) is 18.7. The highest BCUT2D eigenvalue weighted by Crippen LogP contribution is 2.30. The Bertz CT molecular complexity index is 1220. The molecule has 3 aromatic rings. The predicted molar refractivity (Wildman–Crippen MR) is 120 cm³/mol. The van der Waals surface area contributed by atoms with Gasteiger partial charge in [-0.1, -0.05) is 60.7 Å². The Labute approximate surface area is 177 Å². The molecule has 0 spiro atoms. The number of sulfonamides is 1. The Kier molecular flexibility index (Phi) is 5.62. The molecule has 0 fully saturated rings. The Morgan fingerprint density at radius 1 is 1.00 bits per heavy atom. The molecule has 0 aliphatic carbocycles. The standard InChI is InChI=1S/C24H26N2O3S/c1-17-11-14-24(27)26-22(17)13-12-21(25-30(2,28)29)23(26)16-18-7-6-10-20(15-18)19-8-4-3-5-9-19/h3-11,14-15,21,23,25H,12-13,16H2,1-2H3/t21-,23-/m0/s1. The molecule has 5 nitrogen and oxygen atoms in total. The first kappa shape index (κ1) is 20.6. The van der Waals surface area contributed by atoms with Crippen LogP contribution in [0.1, 0.15) is 29.3 Å². The monoisotopic (exact) mass is 422 g/mol. The molecule has 0 bridgehead atoms. The molecule has 1 N–H and O–H groups in total. The summed E-state index contributed by atoms with van der Waals surface area (Å²) in [5.41, 5.74) is 5.28. The van der Waals surface area contributed by atoms with E-state index in [1.54, 1.807) is 10.6 Å². The van der Waals surface area contributed by atoms with E-state index in [4.69, 9.17) is 0 Å². The van der Waals surface area contributed by atoms with Crippen molar-refractivity contribution in [3.8, 4) is 11.1 Å². The summed E-state index contributed by atoms with van der Waals surface area (Å²) in [6.45, 7) is 2.00. The molecule has 0 unspecified atom stereocenters. The van der Waals surface area contributed by atoms with E-state index in [0.29, 0.717) is 19.3 Å². The van der Waals surface area contributed by atoms with Crippen molar-refractivity contribution < 1.29 is 8.42 Å². The van der Waals surface area contributed by atoms with Gasteiger partial charge in [-0.3, -0.25) is 4.79 Å². The zero-order valence-electron chi connectivity index (χ0n) is 17.2. The quantitative estimate of drug-likeness (QED) is 0.685. The highest BCUT2D eigenvalue weighted by molar-refractivity contribution is 7.88. The Balaban J connectivity index is 1.75. The lowest BCUT2D eigenvalue weighted by atomic mass is 9.89. The largest absolute Gasteiger partial charge is 0.307 e. The number of pyridine rings is 1. The number of aryl methyl sites for hydroxylation is 1. The van der Waals surface area contributed by atoms with E-state index in [1.165, 1.54) is 6.26 Å². The zero-order chi connectivity index (χ0) is 21.3. The van der Waals surface area contributed by atoms with Crippen molar-refractivity contribution >= 4 is 10.0 Å². The van der Waals surface area contributed by atoms with Gasteiger partial charge >= 0.3 is 0 Å². The molecular weight excluding hydrogens is 396 g/mol. The molecule has 0 amide bonds. The molecule has 156 valence electrons. The van der Waals surface area contributed by atoms with Gasteiger partial charge in [-0.15, -0.1) is 0 Å². The Morgan fingerprint density at radius 2 is 1.73 bits per heavy atom. The summed E-state index contributed by atoms with van der Waals surface area (Å²) in [4.78, 5) is 12.8. The minimum atomic E-state index is -3.39. The minimum Gasteiger partial charge on any atom is -0.307 e. The average Bonchev–Trinajstić information content (AvgIpc) is 2.72. The van der Waals surface area contributed by atoms with Gasteiger partial charge in [-0.05, 0) is 48.4 Å². The topological polar surface area (TPSA) is 68.2 Å². The number of hydrogen-bond acceptors (Lipinski definition) is 3. The van der Waals surface area contributed by atoms with Crippen molar-refractivity contribution in [3.05, 3.63) is 93.9 Å². The molecule has 0 saturated heterocycles. The molecule has 4 rings (SSSR count). The molecule has 6 heteroatoms. The van der Waals surface area contributed by atoms with Gasteiger partial charge in [-0.25, -0.2) is 13.1 Å². The van der Waals surface area contributed by atoms with Gasteiger partial charge < -0.3 is 4.57 Å². The number of fused-ring (bicyclic) bond motifs is 1. The van der Waals surface area contributed by atoms with Gasteiger partial charge in [0.15, 0.2) is 0 Å². The summed E-state index contributed by atoms with van der Waals surface area (Å²) in [7, 11) is -3.39. The first-order valence-corrected chi connectivity index (χ1v) is 12.0. The van der Waals surface area contributed by atoms with Gasteiger partial charge in [0.1, 0.15) is 0 Å². The van der Waals surface area contributed by atoms with Gasteiger partial charge in [-0.2, -0.15) is 0 Å². The average molecular weight is 423 g/mol.